The second kappa shape index (κ2) is 9.42. The third kappa shape index (κ3) is 4.60. The number of nitrogens with one attached hydrogen (secondary N) is 1. The lowest BCUT2D eigenvalue weighted by atomic mass is 10.0. The van der Waals surface area contributed by atoms with Gasteiger partial charge in [-0.15, -0.1) is 0 Å². The first-order valence-corrected chi connectivity index (χ1v) is 9.03. The van der Waals surface area contributed by atoms with E-state index in [-0.39, 0.29) is 5.91 Å². The fraction of sp³-hybridized carbons (Fsp3) is 0.125. The van der Waals surface area contributed by atoms with E-state index in [4.69, 9.17) is 9.47 Å². The van der Waals surface area contributed by atoms with Crippen LogP contribution < -0.4 is 14.8 Å². The van der Waals surface area contributed by atoms with E-state index in [0.717, 1.165) is 22.4 Å². The molecule has 28 heavy (non-hydrogen) atoms. The van der Waals surface area contributed by atoms with Crippen molar-refractivity contribution in [2.45, 2.75) is 6.54 Å². The number of rotatable bonds is 7. The average molecular weight is 373 g/mol. The monoisotopic (exact) mass is 373 g/mol. The van der Waals surface area contributed by atoms with Crippen LogP contribution in [-0.4, -0.2) is 20.1 Å². The molecule has 0 bridgehead atoms. The molecule has 1 N–H and O–H groups in total. The van der Waals surface area contributed by atoms with Crippen LogP contribution >= 0.6 is 0 Å². The smallest absolute Gasteiger partial charge is 0.252 e. The molecule has 0 fully saturated rings. The maximum absolute atomic E-state index is 13.1. The molecule has 0 aliphatic rings. The molecule has 3 aromatic rings. The second-order valence-corrected chi connectivity index (χ2v) is 6.16. The van der Waals surface area contributed by atoms with Gasteiger partial charge in [-0.05, 0) is 23.8 Å². The molecule has 142 valence electrons. The molecule has 4 nitrogen and oxygen atoms in total. The number of carbonyl (C=O) groups is 1. The largest absolute Gasteiger partial charge is 0.496 e. The van der Waals surface area contributed by atoms with Crippen molar-refractivity contribution >= 4 is 17.6 Å². The van der Waals surface area contributed by atoms with Gasteiger partial charge in [-0.3, -0.25) is 4.79 Å². The highest BCUT2D eigenvalue weighted by atomic mass is 16.5. The molecular formula is C24H23NO3. The van der Waals surface area contributed by atoms with Crippen LogP contribution in [0.3, 0.4) is 0 Å². The Bertz CT molecular complexity index is 964. The average Bonchev–Trinajstić information content (AvgIpc) is 2.76. The molecule has 0 saturated heterocycles. The zero-order valence-corrected chi connectivity index (χ0v) is 16.0. The highest BCUT2D eigenvalue weighted by Crippen LogP contribution is 2.25. The van der Waals surface area contributed by atoms with Gasteiger partial charge in [-0.25, -0.2) is 0 Å². The number of ether oxygens (including phenoxy) is 2. The minimum atomic E-state index is -0.164. The zero-order chi connectivity index (χ0) is 19.8. The van der Waals surface area contributed by atoms with E-state index in [1.165, 1.54) is 0 Å². The van der Waals surface area contributed by atoms with Crippen molar-refractivity contribution < 1.29 is 14.3 Å². The highest BCUT2D eigenvalue weighted by molar-refractivity contribution is 6.24. The molecule has 0 aromatic heterocycles. The molecule has 0 heterocycles. The van der Waals surface area contributed by atoms with E-state index < -0.39 is 0 Å². The standard InChI is InChI=1S/C24H23NO3/c1-27-22-14-8-6-12-19(22)16-21(18-10-4-3-5-11-18)24(26)25-17-20-13-7-9-15-23(20)28-2/h3-16H,17H2,1-2H3,(H,25,26). The predicted molar refractivity (Wildman–Crippen MR) is 112 cm³/mol. The summed E-state index contributed by atoms with van der Waals surface area (Å²) in [5.74, 6) is 1.30. The Kier molecular flexibility index (Phi) is 6.47. The molecule has 0 spiro atoms. The fourth-order valence-corrected chi connectivity index (χ4v) is 2.96. The number of methoxy groups -OCH3 is 2. The molecule has 0 radical (unpaired) electrons. The summed E-state index contributed by atoms with van der Waals surface area (Å²) in [7, 11) is 3.24. The van der Waals surface area contributed by atoms with Gasteiger partial charge in [0.2, 0.25) is 0 Å². The Hall–Kier alpha value is -3.53. The van der Waals surface area contributed by atoms with Gasteiger partial charge in [-0.1, -0.05) is 66.7 Å². The Morgan fingerprint density at radius 3 is 2.14 bits per heavy atom. The van der Waals surface area contributed by atoms with Crippen LogP contribution in [0.4, 0.5) is 0 Å². The third-order valence-electron chi connectivity index (χ3n) is 4.40. The first kappa shape index (κ1) is 19.2. The van der Waals surface area contributed by atoms with E-state index in [1.807, 2.05) is 84.9 Å². The van der Waals surface area contributed by atoms with Crippen molar-refractivity contribution in [2.24, 2.45) is 0 Å². The van der Waals surface area contributed by atoms with Crippen LogP contribution in [0.1, 0.15) is 16.7 Å². The molecule has 0 unspecified atom stereocenters. The van der Waals surface area contributed by atoms with Gasteiger partial charge in [0.15, 0.2) is 0 Å². The lowest BCUT2D eigenvalue weighted by Gasteiger charge is -2.13. The molecule has 3 rings (SSSR count). The molecule has 1 amide bonds. The van der Waals surface area contributed by atoms with Crippen LogP contribution in [0.2, 0.25) is 0 Å². The topological polar surface area (TPSA) is 47.6 Å². The van der Waals surface area contributed by atoms with E-state index in [2.05, 4.69) is 5.32 Å². The zero-order valence-electron chi connectivity index (χ0n) is 16.0. The summed E-state index contributed by atoms with van der Waals surface area (Å²) in [5.41, 5.74) is 3.17. The molecule has 0 saturated carbocycles. The SMILES string of the molecule is COc1ccccc1C=C(C(=O)NCc1ccccc1OC)c1ccccc1. The van der Waals surface area contributed by atoms with Crippen molar-refractivity contribution in [3.8, 4) is 11.5 Å². The lowest BCUT2D eigenvalue weighted by Crippen LogP contribution is -2.24. The Balaban J connectivity index is 1.91. The lowest BCUT2D eigenvalue weighted by molar-refractivity contribution is -0.115. The predicted octanol–water partition coefficient (Wildman–Crippen LogP) is 4.56. The first-order chi connectivity index (χ1) is 13.7. The number of hydrogen-bond donors (Lipinski definition) is 1. The normalized spacial score (nSPS) is 11.0. The number of amides is 1. The first-order valence-electron chi connectivity index (χ1n) is 9.03. The van der Waals surface area contributed by atoms with Crippen LogP contribution in [0.15, 0.2) is 78.9 Å². The van der Waals surface area contributed by atoms with Gasteiger partial charge in [0.25, 0.3) is 5.91 Å². The van der Waals surface area contributed by atoms with E-state index in [9.17, 15) is 4.79 Å². The van der Waals surface area contributed by atoms with Crippen LogP contribution in [0.5, 0.6) is 11.5 Å². The molecule has 0 aliphatic heterocycles. The Morgan fingerprint density at radius 2 is 1.43 bits per heavy atom. The molecule has 0 atom stereocenters. The number of hydrogen-bond acceptors (Lipinski definition) is 3. The molecular weight excluding hydrogens is 350 g/mol. The van der Waals surface area contributed by atoms with Crippen LogP contribution in [-0.2, 0) is 11.3 Å². The third-order valence-corrected chi connectivity index (χ3v) is 4.40. The van der Waals surface area contributed by atoms with E-state index in [0.29, 0.717) is 17.9 Å². The van der Waals surface area contributed by atoms with E-state index >= 15 is 0 Å². The van der Waals surface area contributed by atoms with Crippen molar-refractivity contribution in [3.05, 3.63) is 95.6 Å². The van der Waals surface area contributed by atoms with Gasteiger partial charge < -0.3 is 14.8 Å². The van der Waals surface area contributed by atoms with E-state index in [1.54, 1.807) is 14.2 Å². The fourth-order valence-electron chi connectivity index (χ4n) is 2.96. The molecule has 0 aliphatic carbocycles. The summed E-state index contributed by atoms with van der Waals surface area (Å²) in [6, 6.07) is 24.9. The summed E-state index contributed by atoms with van der Waals surface area (Å²) in [5, 5.41) is 3.00. The van der Waals surface area contributed by atoms with Crippen LogP contribution in [0, 0.1) is 0 Å². The summed E-state index contributed by atoms with van der Waals surface area (Å²) in [4.78, 5) is 13.1. The van der Waals surface area contributed by atoms with Crippen molar-refractivity contribution in [2.75, 3.05) is 14.2 Å². The number of carbonyl (C=O) groups excluding carboxylic acids is 1. The summed E-state index contributed by atoms with van der Waals surface area (Å²) in [6.45, 7) is 0.374. The summed E-state index contributed by atoms with van der Waals surface area (Å²) < 4.78 is 10.8. The van der Waals surface area contributed by atoms with Gasteiger partial charge in [0.05, 0.1) is 14.2 Å². The minimum absolute atomic E-state index is 0.164. The Labute approximate surface area is 165 Å². The van der Waals surface area contributed by atoms with Gasteiger partial charge in [0, 0.05) is 23.2 Å². The molecule has 4 heteroatoms. The summed E-state index contributed by atoms with van der Waals surface area (Å²) >= 11 is 0. The maximum atomic E-state index is 13.1. The number of para-hydroxylation sites is 2. The van der Waals surface area contributed by atoms with Gasteiger partial charge in [-0.2, -0.15) is 0 Å². The van der Waals surface area contributed by atoms with Gasteiger partial charge >= 0.3 is 0 Å². The minimum Gasteiger partial charge on any atom is -0.496 e. The quantitative estimate of drug-likeness (QED) is 0.488. The Morgan fingerprint density at radius 1 is 0.821 bits per heavy atom. The van der Waals surface area contributed by atoms with Crippen molar-refractivity contribution in [1.29, 1.82) is 0 Å². The molecule has 3 aromatic carbocycles. The van der Waals surface area contributed by atoms with Gasteiger partial charge in [0.1, 0.15) is 11.5 Å². The maximum Gasteiger partial charge on any atom is 0.252 e. The van der Waals surface area contributed by atoms with Crippen LogP contribution in [0.25, 0.3) is 11.6 Å². The highest BCUT2D eigenvalue weighted by Gasteiger charge is 2.14. The number of benzene rings is 3. The van der Waals surface area contributed by atoms with Crippen molar-refractivity contribution in [1.82, 2.24) is 5.32 Å². The summed E-state index contributed by atoms with van der Waals surface area (Å²) in [6.07, 6.45) is 1.85. The van der Waals surface area contributed by atoms with Crippen molar-refractivity contribution in [3.63, 3.8) is 0 Å². The second-order valence-electron chi connectivity index (χ2n) is 6.16.